The first-order valence-electron chi connectivity index (χ1n) is 15.2. The third kappa shape index (κ3) is 5.88. The second kappa shape index (κ2) is 12.9. The van der Waals surface area contributed by atoms with Crippen molar-refractivity contribution in [1.29, 1.82) is 0 Å². The number of carbonyl (C=O) groups is 2. The molecule has 0 fully saturated rings. The second-order valence-corrected chi connectivity index (χ2v) is 12.6. The van der Waals surface area contributed by atoms with Crippen LogP contribution in [0.15, 0.2) is 87.9 Å². The first-order valence-corrected chi connectivity index (χ1v) is 16.0. The van der Waals surface area contributed by atoms with Crippen molar-refractivity contribution in [3.05, 3.63) is 126 Å². The monoisotopic (exact) mass is 662 g/mol. The van der Waals surface area contributed by atoms with Gasteiger partial charge in [0.2, 0.25) is 0 Å². The van der Waals surface area contributed by atoms with E-state index < -0.39 is 18.0 Å². The van der Waals surface area contributed by atoms with E-state index in [1.807, 2.05) is 47.3 Å². The van der Waals surface area contributed by atoms with Crippen molar-refractivity contribution in [2.45, 2.75) is 40.7 Å². The molecule has 10 nitrogen and oxygen atoms in total. The number of methoxy groups -OCH3 is 2. The summed E-state index contributed by atoms with van der Waals surface area (Å²) in [6.07, 6.45) is 3.76. The molecule has 0 bridgehead atoms. The van der Waals surface area contributed by atoms with Crippen LogP contribution in [0.5, 0.6) is 11.5 Å². The number of hydrogen-bond acceptors (Lipinski definition) is 9. The van der Waals surface area contributed by atoms with Crippen molar-refractivity contribution < 1.29 is 23.8 Å². The highest BCUT2D eigenvalue weighted by Gasteiger charge is 2.34. The number of rotatable bonds is 7. The summed E-state index contributed by atoms with van der Waals surface area (Å²) in [6, 6.07) is 18.1. The molecule has 0 amide bonds. The average molecular weight is 663 g/mol. The van der Waals surface area contributed by atoms with E-state index in [4.69, 9.17) is 19.3 Å². The third-order valence-corrected chi connectivity index (χ3v) is 9.13. The second-order valence-electron chi connectivity index (χ2n) is 11.6. The van der Waals surface area contributed by atoms with Gasteiger partial charge in [0, 0.05) is 24.2 Å². The summed E-state index contributed by atoms with van der Waals surface area (Å²) in [5.41, 5.74) is 7.53. The summed E-state index contributed by atoms with van der Waals surface area (Å²) in [5.74, 6) is -0.641. The lowest BCUT2D eigenvalue weighted by molar-refractivity contribution is -0.136. The molecule has 5 aromatic rings. The lowest BCUT2D eigenvalue weighted by Crippen LogP contribution is -2.39. The number of para-hydroxylation sites is 1. The number of ether oxygens (including phenoxy) is 3. The molecule has 11 heteroatoms. The molecule has 48 heavy (non-hydrogen) atoms. The fourth-order valence-electron chi connectivity index (χ4n) is 6.20. The molecule has 0 radical (unpaired) electrons. The highest BCUT2D eigenvalue weighted by molar-refractivity contribution is 7.07. The maximum absolute atomic E-state index is 14.4. The first kappa shape index (κ1) is 32.4. The van der Waals surface area contributed by atoms with E-state index in [0.717, 1.165) is 39.2 Å². The third-order valence-electron chi connectivity index (χ3n) is 8.15. The normalized spacial score (nSPS) is 14.4. The lowest BCUT2D eigenvalue weighted by Gasteiger charge is -2.25. The Morgan fingerprint density at radius 3 is 2.29 bits per heavy atom. The van der Waals surface area contributed by atoms with E-state index in [9.17, 15) is 14.4 Å². The molecule has 1 unspecified atom stereocenters. The number of hydrogen-bond donors (Lipinski definition) is 0. The number of fused-ring (bicyclic) bond motifs is 1. The summed E-state index contributed by atoms with van der Waals surface area (Å²) in [4.78, 5) is 44.4. The van der Waals surface area contributed by atoms with Gasteiger partial charge in [-0.15, -0.1) is 0 Å². The van der Waals surface area contributed by atoms with Crippen LogP contribution in [-0.2, 0) is 14.3 Å². The average Bonchev–Trinajstić information content (AvgIpc) is 3.60. The standard InChI is InChI=1S/C37H34N4O6S/c1-20-15-21(2)31(22(3)16-20)33-26(19-40(39-33)27-11-9-8-10-12-27)18-30-35(43)41-34(32(36(44)46-7)23(4)38-37(41)48-30)25-13-14-28(47-24(5)42)29(17-25)45-6/h8-19,34H,1-7H3/b30-18-. The Hall–Kier alpha value is -5.55. The van der Waals surface area contributed by atoms with E-state index in [0.29, 0.717) is 20.6 Å². The van der Waals surface area contributed by atoms with Crippen LogP contribution >= 0.6 is 11.3 Å². The van der Waals surface area contributed by atoms with Crippen LogP contribution in [0.25, 0.3) is 23.0 Å². The SMILES string of the molecule is COC(=O)C1=C(C)N=c2s/c(=C\c3cn(-c4ccccc4)nc3-c3c(C)cc(C)cc3C)c(=O)n2C1c1ccc(OC(C)=O)c(OC)c1. The Balaban J connectivity index is 1.59. The molecule has 0 saturated heterocycles. The summed E-state index contributed by atoms with van der Waals surface area (Å²) >= 11 is 1.23. The maximum Gasteiger partial charge on any atom is 0.338 e. The van der Waals surface area contributed by atoms with Gasteiger partial charge in [-0.05, 0) is 74.7 Å². The van der Waals surface area contributed by atoms with Gasteiger partial charge < -0.3 is 14.2 Å². The van der Waals surface area contributed by atoms with E-state index in [1.165, 1.54) is 37.0 Å². The molecule has 3 heterocycles. The predicted octanol–water partition coefficient (Wildman–Crippen LogP) is 5.12. The van der Waals surface area contributed by atoms with Gasteiger partial charge >= 0.3 is 11.9 Å². The number of allylic oxidation sites excluding steroid dienone is 1. The number of benzene rings is 3. The Kier molecular flexibility index (Phi) is 8.72. The highest BCUT2D eigenvalue weighted by atomic mass is 32.1. The smallest absolute Gasteiger partial charge is 0.338 e. The largest absolute Gasteiger partial charge is 0.493 e. The van der Waals surface area contributed by atoms with Crippen molar-refractivity contribution >= 4 is 29.4 Å². The van der Waals surface area contributed by atoms with Crippen LogP contribution < -0.4 is 24.4 Å². The molecule has 244 valence electrons. The number of nitrogens with zero attached hydrogens (tertiary/aromatic N) is 4. The molecule has 3 aromatic carbocycles. The van der Waals surface area contributed by atoms with E-state index in [2.05, 4.69) is 37.9 Å². The van der Waals surface area contributed by atoms with Gasteiger partial charge in [-0.25, -0.2) is 14.5 Å². The van der Waals surface area contributed by atoms with Gasteiger partial charge in [0.15, 0.2) is 16.3 Å². The molecule has 0 spiro atoms. The van der Waals surface area contributed by atoms with Crippen molar-refractivity contribution in [3.63, 3.8) is 0 Å². The Bertz CT molecular complexity index is 2290. The maximum atomic E-state index is 14.4. The zero-order valence-electron chi connectivity index (χ0n) is 27.7. The molecular formula is C37H34N4O6S. The topological polar surface area (TPSA) is 114 Å². The summed E-state index contributed by atoms with van der Waals surface area (Å²) in [6.45, 7) is 9.20. The summed E-state index contributed by atoms with van der Waals surface area (Å²) in [7, 11) is 2.74. The van der Waals surface area contributed by atoms with E-state index in [1.54, 1.807) is 25.1 Å². The minimum absolute atomic E-state index is 0.210. The molecule has 0 N–H and O–H groups in total. The van der Waals surface area contributed by atoms with Crippen molar-refractivity contribution in [2.75, 3.05) is 14.2 Å². The van der Waals surface area contributed by atoms with Crippen LogP contribution in [0.2, 0.25) is 0 Å². The summed E-state index contributed by atoms with van der Waals surface area (Å²) < 4.78 is 19.7. The number of esters is 2. The minimum atomic E-state index is -0.885. The molecule has 6 rings (SSSR count). The number of thiazole rings is 1. The number of aromatic nitrogens is 3. The van der Waals surface area contributed by atoms with Gasteiger partial charge in [-0.1, -0.05) is 53.3 Å². The molecule has 1 atom stereocenters. The zero-order chi connectivity index (χ0) is 34.3. The van der Waals surface area contributed by atoms with Crippen LogP contribution in [0.1, 0.15) is 47.7 Å². The summed E-state index contributed by atoms with van der Waals surface area (Å²) in [5, 5.41) is 5.02. The fraction of sp³-hybridized carbons (Fsp3) is 0.216. The first-order chi connectivity index (χ1) is 23.0. The Morgan fingerprint density at radius 1 is 0.938 bits per heavy atom. The van der Waals surface area contributed by atoms with Crippen molar-refractivity contribution in [1.82, 2.24) is 14.3 Å². The molecule has 0 saturated carbocycles. The van der Waals surface area contributed by atoms with Crippen molar-refractivity contribution in [2.24, 2.45) is 4.99 Å². The molecule has 2 aromatic heterocycles. The predicted molar refractivity (Wildman–Crippen MR) is 183 cm³/mol. The van der Waals surface area contributed by atoms with Crippen LogP contribution in [0.4, 0.5) is 0 Å². The quantitative estimate of drug-likeness (QED) is 0.176. The number of aryl methyl sites for hydroxylation is 3. The number of carbonyl (C=O) groups excluding carboxylic acids is 2. The van der Waals surface area contributed by atoms with Gasteiger partial charge in [0.05, 0.1) is 41.8 Å². The van der Waals surface area contributed by atoms with Crippen molar-refractivity contribution in [3.8, 4) is 28.4 Å². The highest BCUT2D eigenvalue weighted by Crippen LogP contribution is 2.36. The van der Waals surface area contributed by atoms with E-state index in [-0.39, 0.29) is 22.6 Å². The zero-order valence-corrected chi connectivity index (χ0v) is 28.5. The van der Waals surface area contributed by atoms with Gasteiger partial charge in [-0.3, -0.25) is 14.2 Å². The van der Waals surface area contributed by atoms with Gasteiger partial charge in [0.1, 0.15) is 5.69 Å². The minimum Gasteiger partial charge on any atom is -0.493 e. The Labute approximate surface area is 280 Å². The van der Waals surface area contributed by atoms with Crippen LogP contribution in [0, 0.1) is 20.8 Å². The molecule has 1 aliphatic heterocycles. The van der Waals surface area contributed by atoms with Crippen LogP contribution in [0.3, 0.4) is 0 Å². The Morgan fingerprint density at radius 2 is 1.65 bits per heavy atom. The molecule has 1 aliphatic rings. The lowest BCUT2D eigenvalue weighted by atomic mass is 9.95. The van der Waals surface area contributed by atoms with E-state index >= 15 is 0 Å². The van der Waals surface area contributed by atoms with Crippen LogP contribution in [-0.4, -0.2) is 40.5 Å². The fourth-order valence-corrected chi connectivity index (χ4v) is 7.23. The molecule has 0 aliphatic carbocycles. The van der Waals surface area contributed by atoms with Gasteiger partial charge in [-0.2, -0.15) is 5.10 Å². The van der Waals surface area contributed by atoms with Gasteiger partial charge in [0.25, 0.3) is 5.56 Å². The molecular weight excluding hydrogens is 628 g/mol.